The van der Waals surface area contributed by atoms with Crippen LogP contribution in [0.2, 0.25) is 0 Å². The molecule has 4 nitrogen and oxygen atoms in total. The van der Waals surface area contributed by atoms with E-state index in [-0.39, 0.29) is 18.3 Å². The Morgan fingerprint density at radius 3 is 2.63 bits per heavy atom. The number of hydrogen-bond acceptors (Lipinski definition) is 3. The highest BCUT2D eigenvalue weighted by Crippen LogP contribution is 2.36. The number of hydrogen-bond donors (Lipinski definition) is 2. The fourth-order valence-electron chi connectivity index (χ4n) is 2.55. The molecule has 1 unspecified atom stereocenters. The van der Waals surface area contributed by atoms with E-state index in [9.17, 15) is 9.90 Å². The van der Waals surface area contributed by atoms with Crippen LogP contribution in [0.25, 0.3) is 0 Å². The molecule has 2 N–H and O–H groups in total. The van der Waals surface area contributed by atoms with Crippen LogP contribution in [0.4, 0.5) is 0 Å². The Hall–Kier alpha value is -1.55. The Kier molecular flexibility index (Phi) is 4.43. The standard InChI is InChI=1S/C15H21NO3/c1-2-13(12-5-3-4-6-14(12)17)16(10-15(18)19)9-11-7-8-11/h3-6,11,13,17H,2,7-10H2,1H3,(H,18,19). The summed E-state index contributed by atoms with van der Waals surface area (Å²) in [5.74, 6) is 0.0642. The number of aromatic hydroxyl groups is 1. The van der Waals surface area contributed by atoms with E-state index in [1.807, 2.05) is 24.0 Å². The monoisotopic (exact) mass is 263 g/mol. The normalized spacial score (nSPS) is 16.5. The number of nitrogens with zero attached hydrogens (tertiary/aromatic N) is 1. The van der Waals surface area contributed by atoms with E-state index in [1.54, 1.807) is 12.1 Å². The molecule has 0 bridgehead atoms. The SMILES string of the molecule is CCC(c1ccccc1O)N(CC(=O)O)CC1CC1. The summed E-state index contributed by atoms with van der Waals surface area (Å²) in [6, 6.07) is 7.18. The van der Waals surface area contributed by atoms with Gasteiger partial charge in [0.1, 0.15) is 5.75 Å². The molecule has 0 amide bonds. The number of phenols is 1. The maximum Gasteiger partial charge on any atom is 0.317 e. The van der Waals surface area contributed by atoms with Crippen LogP contribution >= 0.6 is 0 Å². The van der Waals surface area contributed by atoms with E-state index in [4.69, 9.17) is 5.11 Å². The highest BCUT2D eigenvalue weighted by Gasteiger charge is 2.30. The minimum absolute atomic E-state index is 0.0297. The van der Waals surface area contributed by atoms with E-state index in [0.29, 0.717) is 5.92 Å². The molecule has 0 spiro atoms. The van der Waals surface area contributed by atoms with Crippen molar-refractivity contribution in [3.8, 4) is 5.75 Å². The lowest BCUT2D eigenvalue weighted by Gasteiger charge is -2.30. The number of carboxylic acid groups (broad SMARTS) is 1. The molecular formula is C15H21NO3. The van der Waals surface area contributed by atoms with E-state index < -0.39 is 5.97 Å². The first-order chi connectivity index (χ1) is 9.11. The van der Waals surface area contributed by atoms with Crippen LogP contribution in [0.5, 0.6) is 5.75 Å². The molecule has 4 heteroatoms. The van der Waals surface area contributed by atoms with E-state index in [0.717, 1.165) is 18.5 Å². The first kappa shape index (κ1) is 13.9. The van der Waals surface area contributed by atoms with Crippen LogP contribution in [0.3, 0.4) is 0 Å². The van der Waals surface area contributed by atoms with Crippen molar-refractivity contribution in [2.24, 2.45) is 5.92 Å². The van der Waals surface area contributed by atoms with Crippen LogP contribution in [-0.2, 0) is 4.79 Å². The Bertz CT molecular complexity index is 443. The van der Waals surface area contributed by atoms with E-state index >= 15 is 0 Å². The van der Waals surface area contributed by atoms with Gasteiger partial charge in [-0.2, -0.15) is 0 Å². The number of aliphatic carboxylic acids is 1. The molecule has 19 heavy (non-hydrogen) atoms. The van der Waals surface area contributed by atoms with Gasteiger partial charge < -0.3 is 10.2 Å². The summed E-state index contributed by atoms with van der Waals surface area (Å²) in [7, 11) is 0. The molecule has 1 saturated carbocycles. The minimum Gasteiger partial charge on any atom is -0.508 e. The number of phenolic OH excluding ortho intramolecular Hbond substituents is 1. The van der Waals surface area contributed by atoms with Crippen molar-refractivity contribution in [1.29, 1.82) is 0 Å². The molecule has 0 aliphatic heterocycles. The van der Waals surface area contributed by atoms with Gasteiger partial charge >= 0.3 is 5.97 Å². The van der Waals surface area contributed by atoms with Crippen molar-refractivity contribution < 1.29 is 15.0 Å². The molecule has 1 atom stereocenters. The van der Waals surface area contributed by atoms with Crippen molar-refractivity contribution in [2.75, 3.05) is 13.1 Å². The van der Waals surface area contributed by atoms with Crippen molar-refractivity contribution in [3.05, 3.63) is 29.8 Å². The van der Waals surface area contributed by atoms with Crippen molar-refractivity contribution in [1.82, 2.24) is 4.90 Å². The van der Waals surface area contributed by atoms with Gasteiger partial charge in [0.05, 0.1) is 6.54 Å². The molecule has 0 saturated heterocycles. The molecule has 0 heterocycles. The molecule has 1 fully saturated rings. The van der Waals surface area contributed by atoms with Crippen LogP contribution in [0, 0.1) is 5.92 Å². The van der Waals surface area contributed by atoms with Gasteiger partial charge in [0.15, 0.2) is 0 Å². The van der Waals surface area contributed by atoms with Gasteiger partial charge in [-0.05, 0) is 31.2 Å². The second-order valence-electron chi connectivity index (χ2n) is 5.25. The lowest BCUT2D eigenvalue weighted by molar-refractivity contribution is -0.139. The summed E-state index contributed by atoms with van der Waals surface area (Å²) >= 11 is 0. The number of carbonyl (C=O) groups is 1. The van der Waals surface area contributed by atoms with Gasteiger partial charge in [0.25, 0.3) is 0 Å². The quantitative estimate of drug-likeness (QED) is 0.794. The molecule has 1 aliphatic carbocycles. The third-order valence-corrected chi connectivity index (χ3v) is 3.65. The van der Waals surface area contributed by atoms with Crippen LogP contribution in [-0.4, -0.2) is 34.2 Å². The van der Waals surface area contributed by atoms with Gasteiger partial charge in [0, 0.05) is 18.2 Å². The molecule has 2 rings (SSSR count). The molecule has 1 aromatic rings. The maximum atomic E-state index is 11.0. The Morgan fingerprint density at radius 2 is 2.11 bits per heavy atom. The molecule has 1 aliphatic rings. The largest absolute Gasteiger partial charge is 0.508 e. The molecular weight excluding hydrogens is 242 g/mol. The number of para-hydroxylation sites is 1. The number of rotatable bonds is 7. The fraction of sp³-hybridized carbons (Fsp3) is 0.533. The van der Waals surface area contributed by atoms with Gasteiger partial charge in [-0.15, -0.1) is 0 Å². The summed E-state index contributed by atoms with van der Waals surface area (Å²) in [5, 5.41) is 19.0. The number of carboxylic acids is 1. The van der Waals surface area contributed by atoms with E-state index in [2.05, 4.69) is 0 Å². The fourth-order valence-corrected chi connectivity index (χ4v) is 2.55. The second kappa shape index (κ2) is 6.06. The summed E-state index contributed by atoms with van der Waals surface area (Å²) in [4.78, 5) is 13.0. The Balaban J connectivity index is 2.19. The van der Waals surface area contributed by atoms with Crippen molar-refractivity contribution in [2.45, 2.75) is 32.2 Å². The Morgan fingerprint density at radius 1 is 1.42 bits per heavy atom. The molecule has 0 aromatic heterocycles. The van der Waals surface area contributed by atoms with Gasteiger partial charge in [-0.25, -0.2) is 0 Å². The first-order valence-corrected chi connectivity index (χ1v) is 6.85. The summed E-state index contributed by atoms with van der Waals surface area (Å²) < 4.78 is 0. The molecule has 0 radical (unpaired) electrons. The van der Waals surface area contributed by atoms with Crippen LogP contribution < -0.4 is 0 Å². The highest BCUT2D eigenvalue weighted by molar-refractivity contribution is 5.69. The van der Waals surface area contributed by atoms with Crippen LogP contribution in [0.15, 0.2) is 24.3 Å². The average molecular weight is 263 g/mol. The zero-order valence-electron chi connectivity index (χ0n) is 11.2. The zero-order valence-corrected chi connectivity index (χ0v) is 11.2. The maximum absolute atomic E-state index is 11.0. The third kappa shape index (κ3) is 3.70. The summed E-state index contributed by atoms with van der Waals surface area (Å²) in [6.07, 6.45) is 3.16. The smallest absolute Gasteiger partial charge is 0.317 e. The highest BCUT2D eigenvalue weighted by atomic mass is 16.4. The van der Waals surface area contributed by atoms with Crippen molar-refractivity contribution >= 4 is 5.97 Å². The van der Waals surface area contributed by atoms with Gasteiger partial charge in [0.2, 0.25) is 0 Å². The minimum atomic E-state index is -0.811. The van der Waals surface area contributed by atoms with Crippen molar-refractivity contribution in [3.63, 3.8) is 0 Å². The van der Waals surface area contributed by atoms with Crippen LogP contribution in [0.1, 0.15) is 37.8 Å². The summed E-state index contributed by atoms with van der Waals surface area (Å²) in [6.45, 7) is 2.86. The summed E-state index contributed by atoms with van der Waals surface area (Å²) in [5.41, 5.74) is 0.826. The Labute approximate surface area is 113 Å². The van der Waals surface area contributed by atoms with Gasteiger partial charge in [-0.3, -0.25) is 9.69 Å². The zero-order chi connectivity index (χ0) is 13.8. The number of benzene rings is 1. The van der Waals surface area contributed by atoms with E-state index in [1.165, 1.54) is 12.8 Å². The predicted molar refractivity (Wildman–Crippen MR) is 73.1 cm³/mol. The topological polar surface area (TPSA) is 60.8 Å². The third-order valence-electron chi connectivity index (χ3n) is 3.65. The first-order valence-electron chi connectivity index (χ1n) is 6.85. The average Bonchev–Trinajstić information content (AvgIpc) is 3.15. The molecule has 1 aromatic carbocycles. The molecule has 104 valence electrons. The predicted octanol–water partition coefficient (Wildman–Crippen LogP) is 2.64. The lowest BCUT2D eigenvalue weighted by Crippen LogP contribution is -2.35. The second-order valence-corrected chi connectivity index (χ2v) is 5.25. The lowest BCUT2D eigenvalue weighted by atomic mass is 10.0. The van der Waals surface area contributed by atoms with Gasteiger partial charge in [-0.1, -0.05) is 25.1 Å².